The van der Waals surface area contributed by atoms with Gasteiger partial charge in [-0.1, -0.05) is 27.7 Å². The summed E-state index contributed by atoms with van der Waals surface area (Å²) >= 11 is 0. The molecule has 0 amide bonds. The fourth-order valence-corrected chi connectivity index (χ4v) is 10.6. The molecule has 1 heterocycles. The van der Waals surface area contributed by atoms with Gasteiger partial charge in [-0.25, -0.2) is 0 Å². The first-order valence-corrected chi connectivity index (χ1v) is 23.3. The molecule has 5 nitrogen and oxygen atoms in total. The zero-order chi connectivity index (χ0) is 27.0. The Hall–Kier alpha value is -0.259. The van der Waals surface area contributed by atoms with Gasteiger partial charge in [-0.05, 0) is 89.7 Å². The Morgan fingerprint density at radius 3 is 2.00 bits per heavy atom. The summed E-state index contributed by atoms with van der Waals surface area (Å²) < 4.78 is 27.8. The van der Waals surface area contributed by atoms with Crippen LogP contribution in [-0.4, -0.2) is 54.3 Å². The Kier molecular flexibility index (Phi) is 7.45. The number of esters is 1. The highest BCUT2D eigenvalue weighted by atomic mass is 28.4. The molecule has 1 saturated heterocycles. The molecule has 2 aliphatic carbocycles. The van der Waals surface area contributed by atoms with Crippen molar-refractivity contribution in [2.75, 3.05) is 0 Å². The van der Waals surface area contributed by atoms with Crippen LogP contribution in [0.2, 0.25) is 57.4 Å². The predicted octanol–water partition coefficient (Wildman–Crippen LogP) is 7.27. The summed E-state index contributed by atoms with van der Waals surface area (Å²) in [5.41, 5.74) is 1.21. The van der Waals surface area contributed by atoms with Crippen molar-refractivity contribution in [1.29, 1.82) is 0 Å². The molecule has 0 N–H and O–H groups in total. The highest BCUT2D eigenvalue weighted by Crippen LogP contribution is 2.59. The molecule has 0 spiro atoms. The zero-order valence-electron chi connectivity index (χ0n) is 25.0. The highest BCUT2D eigenvalue weighted by Gasteiger charge is 2.66. The third-order valence-corrected chi connectivity index (χ3v) is 15.3. The van der Waals surface area contributed by atoms with Crippen molar-refractivity contribution in [2.24, 2.45) is 11.8 Å². The van der Waals surface area contributed by atoms with Gasteiger partial charge in [0, 0.05) is 17.9 Å². The van der Waals surface area contributed by atoms with E-state index in [-0.39, 0.29) is 35.1 Å². The van der Waals surface area contributed by atoms with E-state index in [9.17, 15) is 4.79 Å². The van der Waals surface area contributed by atoms with Crippen molar-refractivity contribution in [2.45, 2.75) is 142 Å². The zero-order valence-corrected chi connectivity index (χ0v) is 28.0. The van der Waals surface area contributed by atoms with Crippen molar-refractivity contribution in [3.63, 3.8) is 0 Å². The lowest BCUT2D eigenvalue weighted by Gasteiger charge is -2.53. The van der Waals surface area contributed by atoms with E-state index in [1.54, 1.807) is 0 Å². The van der Waals surface area contributed by atoms with Gasteiger partial charge in [0.05, 0.1) is 17.6 Å². The van der Waals surface area contributed by atoms with Crippen LogP contribution in [0.4, 0.5) is 0 Å². The van der Waals surface area contributed by atoms with E-state index in [1.807, 2.05) is 6.92 Å². The summed E-state index contributed by atoms with van der Waals surface area (Å²) in [7, 11) is -6.03. The number of carbonyl (C=O) groups is 1. The maximum Gasteiger partial charge on any atom is 0.309 e. The smallest absolute Gasteiger partial charge is 0.309 e. The maximum absolute atomic E-state index is 12.8. The Bertz CT molecular complexity index is 879. The minimum Gasteiger partial charge on any atom is -0.457 e. The van der Waals surface area contributed by atoms with E-state index in [0.717, 1.165) is 24.8 Å². The summed E-state index contributed by atoms with van der Waals surface area (Å²) in [4.78, 5) is 12.8. The van der Waals surface area contributed by atoms with Crippen molar-refractivity contribution in [3.05, 3.63) is 11.1 Å². The molecule has 0 bridgehead atoms. The minimum atomic E-state index is -2.05. The molecule has 2 fully saturated rings. The molecule has 1 saturated carbocycles. The average molecular weight is 541 g/mol. The van der Waals surface area contributed by atoms with Crippen molar-refractivity contribution < 1.29 is 22.8 Å². The van der Waals surface area contributed by atoms with Gasteiger partial charge < -0.3 is 18.0 Å². The molecule has 3 rings (SSSR count). The van der Waals surface area contributed by atoms with Crippen LogP contribution in [0.25, 0.3) is 0 Å². The Labute approximate surface area is 218 Å². The molecule has 8 heteroatoms. The maximum atomic E-state index is 12.8. The van der Waals surface area contributed by atoms with E-state index in [0.29, 0.717) is 0 Å². The van der Waals surface area contributed by atoms with E-state index in [2.05, 4.69) is 87.0 Å². The van der Waals surface area contributed by atoms with Crippen molar-refractivity contribution in [3.8, 4) is 0 Å². The minimum absolute atomic E-state index is 0.0554. The van der Waals surface area contributed by atoms with Crippen LogP contribution in [0.1, 0.15) is 60.8 Å². The lowest BCUT2D eigenvalue weighted by Crippen LogP contribution is -2.63. The van der Waals surface area contributed by atoms with Crippen LogP contribution in [0.15, 0.2) is 11.1 Å². The molecule has 1 aliphatic heterocycles. The normalized spacial score (nSPS) is 36.7. The standard InChI is InChI=1S/C27H52O5Si3/c1-18-20-15-16-26(6,31-33(7,8)9)27(32-34(10,11)12)17-21(30-35(13,14)25(3,4)5)19(2)22(27)23(20)29-24(18)28/h18,20-21,23H,15-17H2,1-14H3/t18-,20-,21-,23-,26-,27+/m0/s1. The summed E-state index contributed by atoms with van der Waals surface area (Å²) in [5, 5.41) is 0.102. The van der Waals surface area contributed by atoms with Gasteiger partial charge in [-0.3, -0.25) is 4.79 Å². The largest absolute Gasteiger partial charge is 0.457 e. The molecule has 35 heavy (non-hydrogen) atoms. The lowest BCUT2D eigenvalue weighted by molar-refractivity contribution is -0.145. The second-order valence-corrected chi connectivity index (χ2v) is 28.6. The van der Waals surface area contributed by atoms with E-state index >= 15 is 0 Å². The first kappa shape index (κ1) is 29.3. The molecule has 0 unspecified atom stereocenters. The first-order valence-electron chi connectivity index (χ1n) is 13.5. The number of rotatable bonds is 6. The molecule has 0 aromatic rings. The summed E-state index contributed by atoms with van der Waals surface area (Å²) in [6.07, 6.45) is 2.18. The van der Waals surface area contributed by atoms with Crippen LogP contribution in [0.5, 0.6) is 0 Å². The SMILES string of the molecule is CC1=C2[C@H]3OC(=O)[C@@H](C)[C@@H]3CC[C@](C)(O[Si](C)(C)C)[C@@]2(O[Si](C)(C)C)C[C@@H]1O[Si](C)(C)C(C)(C)C. The van der Waals surface area contributed by atoms with Gasteiger partial charge in [0.1, 0.15) is 11.7 Å². The van der Waals surface area contributed by atoms with Gasteiger partial charge in [0.15, 0.2) is 25.0 Å². The van der Waals surface area contributed by atoms with Crippen LogP contribution in [-0.2, 0) is 22.8 Å². The molecule has 0 aromatic carbocycles. The van der Waals surface area contributed by atoms with Crippen LogP contribution in [0.3, 0.4) is 0 Å². The second kappa shape index (κ2) is 8.90. The predicted molar refractivity (Wildman–Crippen MR) is 151 cm³/mol. The highest BCUT2D eigenvalue weighted by molar-refractivity contribution is 6.74. The van der Waals surface area contributed by atoms with Crippen LogP contribution >= 0.6 is 0 Å². The second-order valence-electron chi connectivity index (χ2n) is 15.0. The number of hydrogen-bond acceptors (Lipinski definition) is 5. The number of ether oxygens (including phenoxy) is 1. The first-order chi connectivity index (χ1) is 15.5. The van der Waals surface area contributed by atoms with Crippen molar-refractivity contribution >= 4 is 30.9 Å². The fourth-order valence-electron chi connectivity index (χ4n) is 6.25. The summed E-state index contributed by atoms with van der Waals surface area (Å²) in [5.74, 6) is -0.0408. The number of hydrogen-bond donors (Lipinski definition) is 0. The lowest BCUT2D eigenvalue weighted by atomic mass is 9.77. The fraction of sp³-hybridized carbons (Fsp3) is 0.889. The Morgan fingerprint density at radius 2 is 1.51 bits per heavy atom. The molecule has 0 aromatic heterocycles. The van der Waals surface area contributed by atoms with E-state index in [4.69, 9.17) is 18.0 Å². The Morgan fingerprint density at radius 1 is 0.971 bits per heavy atom. The number of carbonyl (C=O) groups excluding carboxylic acids is 1. The molecular weight excluding hydrogens is 489 g/mol. The van der Waals surface area contributed by atoms with Crippen LogP contribution < -0.4 is 0 Å². The van der Waals surface area contributed by atoms with E-state index < -0.39 is 36.2 Å². The monoisotopic (exact) mass is 540 g/mol. The van der Waals surface area contributed by atoms with Gasteiger partial charge in [0.25, 0.3) is 0 Å². The van der Waals surface area contributed by atoms with Gasteiger partial charge in [0.2, 0.25) is 0 Å². The third kappa shape index (κ3) is 5.35. The summed E-state index contributed by atoms with van der Waals surface area (Å²) in [6, 6.07) is 0. The quantitative estimate of drug-likeness (QED) is 0.201. The van der Waals surface area contributed by atoms with E-state index in [1.165, 1.54) is 5.57 Å². The van der Waals surface area contributed by atoms with Gasteiger partial charge in [-0.15, -0.1) is 0 Å². The van der Waals surface area contributed by atoms with Crippen LogP contribution in [0, 0.1) is 11.8 Å². The topological polar surface area (TPSA) is 54.0 Å². The van der Waals surface area contributed by atoms with Crippen molar-refractivity contribution in [1.82, 2.24) is 0 Å². The molecule has 202 valence electrons. The molecule has 6 atom stereocenters. The third-order valence-electron chi connectivity index (χ3n) is 8.81. The van der Waals surface area contributed by atoms with Gasteiger partial charge >= 0.3 is 5.97 Å². The van der Waals surface area contributed by atoms with Gasteiger partial charge in [-0.2, -0.15) is 0 Å². The molecule has 3 aliphatic rings. The number of fused-ring (bicyclic) bond motifs is 3. The molecular formula is C27H52O5Si3. The molecule has 0 radical (unpaired) electrons. The summed E-state index contributed by atoms with van der Waals surface area (Å²) in [6.45, 7) is 31.6. The average Bonchev–Trinajstić information content (AvgIpc) is 3.00. The Balaban J connectivity index is 2.26.